The summed E-state index contributed by atoms with van der Waals surface area (Å²) in [7, 11) is -9.93. The molecule has 0 radical (unpaired) electrons. The molecule has 0 amide bonds. The summed E-state index contributed by atoms with van der Waals surface area (Å²) in [6, 6.07) is 0. The number of esters is 4. The first-order valence-corrected chi connectivity index (χ1v) is 48.4. The molecule has 0 aromatic rings. The van der Waals surface area contributed by atoms with E-state index in [1.807, 2.05) is 0 Å². The molecule has 0 aromatic carbocycles. The molecule has 0 heterocycles. The number of hydrogen-bond donors (Lipinski definition) is 3. The maximum absolute atomic E-state index is 13.2. The minimum absolute atomic E-state index is 0.108. The molecule has 0 rings (SSSR count). The van der Waals surface area contributed by atoms with Crippen LogP contribution in [0.3, 0.4) is 0 Å². The lowest BCUT2D eigenvalue weighted by Gasteiger charge is -2.21. The molecule has 0 aliphatic carbocycles. The van der Waals surface area contributed by atoms with Crippen molar-refractivity contribution in [3.63, 3.8) is 0 Å². The van der Waals surface area contributed by atoms with Gasteiger partial charge in [-0.15, -0.1) is 0 Å². The second kappa shape index (κ2) is 78.0. The minimum Gasteiger partial charge on any atom is -0.462 e. The first kappa shape index (κ1) is 105. The summed E-state index contributed by atoms with van der Waals surface area (Å²) >= 11 is 0. The SMILES string of the molecule is CCCCCCCCCCCCCCCCCCCCC(=O)O[C@H](COC(=O)CCCCCCCCCCC(C)CC)COP(=O)(O)OC[C@H](O)COP(=O)(O)OC[C@@H](COC(=O)CCCCCCCCCCCCCCCCC(C)CC)OC(=O)CCCCCCCCCCCCCCCCCCC(C)C. The monoisotopic (exact) mass is 1560 g/mol. The van der Waals surface area contributed by atoms with Crippen molar-refractivity contribution in [1.82, 2.24) is 0 Å². The van der Waals surface area contributed by atoms with E-state index in [9.17, 15) is 43.2 Å². The van der Waals surface area contributed by atoms with Crippen LogP contribution in [0.2, 0.25) is 0 Å². The van der Waals surface area contributed by atoms with E-state index < -0.39 is 97.5 Å². The standard InChI is InChI=1S/C88H172O17P2/c1-8-11-12-13-14-15-16-17-18-19-20-24-31-36-41-50-57-64-72-88(93)105-84(76-99-86(91)70-63-56-49-44-43-47-54-61-68-81(7)10-3)78-103-107(96,97)101-74-82(89)73-100-106(94,95)102-77-83(75-98-85(90)69-62-55-48-40-35-30-27-26-29-34-39-46-53-60-67-80(6)9-2)104-87(92)71-65-58-51-42-37-32-25-22-21-23-28-33-38-45-52-59-66-79(4)5/h79-84,89H,8-78H2,1-7H3,(H,94,95)(H,96,97)/t80?,81?,82-,83-,84-/m1/s1. The van der Waals surface area contributed by atoms with E-state index in [0.717, 1.165) is 108 Å². The summed E-state index contributed by atoms with van der Waals surface area (Å²) in [5, 5.41) is 10.7. The van der Waals surface area contributed by atoms with Crippen LogP contribution in [0.1, 0.15) is 466 Å². The Labute approximate surface area is 658 Å². The maximum Gasteiger partial charge on any atom is 0.472 e. The van der Waals surface area contributed by atoms with Crippen LogP contribution in [0.15, 0.2) is 0 Å². The highest BCUT2D eigenvalue weighted by Crippen LogP contribution is 2.45. The molecule has 0 aliphatic rings. The van der Waals surface area contributed by atoms with Gasteiger partial charge in [0.05, 0.1) is 26.4 Å². The molecule has 7 atom stereocenters. The fourth-order valence-corrected chi connectivity index (χ4v) is 15.2. The fourth-order valence-electron chi connectivity index (χ4n) is 13.7. The number of carbonyl (C=O) groups excluding carboxylic acids is 4. The van der Waals surface area contributed by atoms with Crippen molar-refractivity contribution < 1.29 is 80.2 Å². The molecule has 0 fully saturated rings. The fraction of sp³-hybridized carbons (Fsp3) is 0.955. The molecule has 19 heteroatoms. The Morgan fingerprint density at radius 1 is 0.271 bits per heavy atom. The zero-order chi connectivity index (χ0) is 78.6. The highest BCUT2D eigenvalue weighted by molar-refractivity contribution is 7.47. The van der Waals surface area contributed by atoms with Gasteiger partial charge in [0.25, 0.3) is 0 Å². The van der Waals surface area contributed by atoms with Gasteiger partial charge in [-0.2, -0.15) is 0 Å². The second-order valence-corrected chi connectivity index (χ2v) is 35.5. The Morgan fingerprint density at radius 2 is 0.477 bits per heavy atom. The third-order valence-corrected chi connectivity index (χ3v) is 23.3. The largest absolute Gasteiger partial charge is 0.472 e. The number of aliphatic hydroxyl groups is 1. The number of rotatable bonds is 86. The highest BCUT2D eigenvalue weighted by atomic mass is 31.2. The summed E-state index contributed by atoms with van der Waals surface area (Å²) in [6.45, 7) is 12.1. The van der Waals surface area contributed by atoms with Gasteiger partial charge in [0.15, 0.2) is 12.2 Å². The van der Waals surface area contributed by atoms with E-state index in [-0.39, 0.29) is 25.7 Å². The number of carbonyl (C=O) groups is 4. The third kappa shape index (κ3) is 79.1. The molecule has 3 N–H and O–H groups in total. The molecule has 4 unspecified atom stereocenters. The van der Waals surface area contributed by atoms with Crippen LogP contribution in [-0.2, 0) is 65.4 Å². The van der Waals surface area contributed by atoms with Crippen molar-refractivity contribution in [3.05, 3.63) is 0 Å². The first-order valence-electron chi connectivity index (χ1n) is 45.4. The molecule has 0 spiro atoms. The minimum atomic E-state index is -4.97. The number of ether oxygens (including phenoxy) is 4. The molecule has 0 saturated carbocycles. The average Bonchev–Trinajstić information content (AvgIpc) is 0.900. The van der Waals surface area contributed by atoms with Gasteiger partial charge in [-0.05, 0) is 43.4 Å². The summed E-state index contributed by atoms with van der Waals surface area (Å²) in [6.07, 6.45) is 69.3. The Kier molecular flexibility index (Phi) is 76.6. The van der Waals surface area contributed by atoms with Gasteiger partial charge in [-0.1, -0.05) is 414 Å². The zero-order valence-corrected chi connectivity index (χ0v) is 72.4. The van der Waals surface area contributed by atoms with Crippen LogP contribution in [0.25, 0.3) is 0 Å². The Morgan fingerprint density at radius 3 is 0.710 bits per heavy atom. The number of aliphatic hydroxyl groups excluding tert-OH is 1. The van der Waals surface area contributed by atoms with Crippen molar-refractivity contribution in [3.8, 4) is 0 Å². The maximum atomic E-state index is 13.2. The van der Waals surface area contributed by atoms with Crippen LogP contribution < -0.4 is 0 Å². The normalized spacial score (nSPS) is 14.3. The zero-order valence-electron chi connectivity index (χ0n) is 70.6. The van der Waals surface area contributed by atoms with Gasteiger partial charge in [0.1, 0.15) is 19.3 Å². The summed E-state index contributed by atoms with van der Waals surface area (Å²) in [4.78, 5) is 73.3. The van der Waals surface area contributed by atoms with Crippen LogP contribution in [-0.4, -0.2) is 96.7 Å². The van der Waals surface area contributed by atoms with Gasteiger partial charge >= 0.3 is 39.5 Å². The van der Waals surface area contributed by atoms with E-state index in [1.54, 1.807) is 0 Å². The lowest BCUT2D eigenvalue weighted by atomic mass is 9.99. The molecular formula is C88H172O17P2. The van der Waals surface area contributed by atoms with Gasteiger partial charge in [-0.25, -0.2) is 9.13 Å². The topological polar surface area (TPSA) is 237 Å². The van der Waals surface area contributed by atoms with Gasteiger partial charge < -0.3 is 33.8 Å². The van der Waals surface area contributed by atoms with Crippen LogP contribution in [0.5, 0.6) is 0 Å². The van der Waals surface area contributed by atoms with Gasteiger partial charge in [0, 0.05) is 25.7 Å². The predicted molar refractivity (Wildman–Crippen MR) is 441 cm³/mol. The highest BCUT2D eigenvalue weighted by Gasteiger charge is 2.31. The molecule has 636 valence electrons. The van der Waals surface area contributed by atoms with E-state index >= 15 is 0 Å². The second-order valence-electron chi connectivity index (χ2n) is 32.6. The molecule has 0 bridgehead atoms. The predicted octanol–water partition coefficient (Wildman–Crippen LogP) is 26.9. The molecule has 0 saturated heterocycles. The summed E-state index contributed by atoms with van der Waals surface area (Å²) in [5.74, 6) is 0.336. The average molecular weight is 1560 g/mol. The number of unbranched alkanes of at least 4 members (excludes halogenated alkanes) is 52. The smallest absolute Gasteiger partial charge is 0.462 e. The van der Waals surface area contributed by atoms with E-state index in [1.165, 1.54) is 276 Å². The van der Waals surface area contributed by atoms with E-state index in [4.69, 9.17) is 37.0 Å². The van der Waals surface area contributed by atoms with E-state index in [0.29, 0.717) is 25.7 Å². The summed E-state index contributed by atoms with van der Waals surface area (Å²) < 4.78 is 69.0. The lowest BCUT2D eigenvalue weighted by Crippen LogP contribution is -2.30. The number of phosphoric acid groups is 2. The number of phosphoric ester groups is 2. The molecular weight excluding hydrogens is 1390 g/mol. The quantitative estimate of drug-likeness (QED) is 0.0222. The Hall–Kier alpha value is -1.94. The van der Waals surface area contributed by atoms with Gasteiger partial charge in [0.2, 0.25) is 0 Å². The van der Waals surface area contributed by atoms with Crippen molar-refractivity contribution in [2.75, 3.05) is 39.6 Å². The lowest BCUT2D eigenvalue weighted by molar-refractivity contribution is -0.161. The molecule has 0 aromatic heterocycles. The molecule has 17 nitrogen and oxygen atoms in total. The van der Waals surface area contributed by atoms with Crippen LogP contribution in [0, 0.1) is 17.8 Å². The van der Waals surface area contributed by atoms with E-state index in [2.05, 4.69) is 48.5 Å². The summed E-state index contributed by atoms with van der Waals surface area (Å²) in [5.41, 5.74) is 0. The third-order valence-electron chi connectivity index (χ3n) is 21.4. The Bertz CT molecular complexity index is 2060. The van der Waals surface area contributed by atoms with Crippen molar-refractivity contribution in [1.29, 1.82) is 0 Å². The van der Waals surface area contributed by atoms with Crippen LogP contribution in [0.4, 0.5) is 0 Å². The van der Waals surface area contributed by atoms with Gasteiger partial charge in [-0.3, -0.25) is 37.3 Å². The van der Waals surface area contributed by atoms with Crippen molar-refractivity contribution >= 4 is 39.5 Å². The molecule has 0 aliphatic heterocycles. The van der Waals surface area contributed by atoms with Crippen molar-refractivity contribution in [2.24, 2.45) is 17.8 Å². The number of hydrogen-bond acceptors (Lipinski definition) is 15. The van der Waals surface area contributed by atoms with Crippen LogP contribution >= 0.6 is 15.6 Å². The Balaban J connectivity index is 5.27. The first-order chi connectivity index (χ1) is 51.8. The molecule has 107 heavy (non-hydrogen) atoms. The van der Waals surface area contributed by atoms with Crippen molar-refractivity contribution in [2.45, 2.75) is 484 Å².